The van der Waals surface area contributed by atoms with E-state index >= 15 is 0 Å². The van der Waals surface area contributed by atoms with Gasteiger partial charge in [0.15, 0.2) is 0 Å². The molecule has 3 rings (SSSR count). The van der Waals surface area contributed by atoms with Crippen molar-refractivity contribution in [3.8, 4) is 10.6 Å². The van der Waals surface area contributed by atoms with Gasteiger partial charge >= 0.3 is 0 Å². The number of non-ortho nitro benzene ring substituents is 1. The maximum atomic E-state index is 10.7. The van der Waals surface area contributed by atoms with Gasteiger partial charge in [-0.3, -0.25) is 20.2 Å². The number of nitrogens with zero attached hydrogens (tertiary/aromatic N) is 3. The SMILES string of the molecule is O=[N+]([O-])c1ccc2[nH]nc(-c3cncs3)c2c1. The zero-order valence-electron chi connectivity index (χ0n) is 8.45. The van der Waals surface area contributed by atoms with Crippen LogP contribution in [-0.4, -0.2) is 20.1 Å². The highest BCUT2D eigenvalue weighted by molar-refractivity contribution is 7.13. The van der Waals surface area contributed by atoms with Crippen LogP contribution in [0.2, 0.25) is 0 Å². The first kappa shape index (κ1) is 9.91. The van der Waals surface area contributed by atoms with Crippen LogP contribution in [0.15, 0.2) is 29.9 Å². The molecule has 0 aliphatic heterocycles. The van der Waals surface area contributed by atoms with E-state index < -0.39 is 4.92 Å². The van der Waals surface area contributed by atoms with Gasteiger partial charge in [-0.2, -0.15) is 5.10 Å². The summed E-state index contributed by atoms with van der Waals surface area (Å²) < 4.78 is 0. The molecule has 2 aromatic heterocycles. The van der Waals surface area contributed by atoms with Crippen molar-refractivity contribution >= 4 is 27.9 Å². The maximum Gasteiger partial charge on any atom is 0.270 e. The number of nitro groups is 1. The summed E-state index contributed by atoms with van der Waals surface area (Å²) in [6.45, 7) is 0. The van der Waals surface area contributed by atoms with Gasteiger partial charge in [0, 0.05) is 23.7 Å². The van der Waals surface area contributed by atoms with Crippen LogP contribution in [0.5, 0.6) is 0 Å². The zero-order valence-corrected chi connectivity index (χ0v) is 9.27. The van der Waals surface area contributed by atoms with Crippen molar-refractivity contribution in [3.63, 3.8) is 0 Å². The number of benzene rings is 1. The largest absolute Gasteiger partial charge is 0.277 e. The van der Waals surface area contributed by atoms with E-state index in [9.17, 15) is 10.1 Å². The van der Waals surface area contributed by atoms with E-state index in [4.69, 9.17) is 0 Å². The third kappa shape index (κ3) is 1.56. The van der Waals surface area contributed by atoms with Gasteiger partial charge in [-0.05, 0) is 6.07 Å². The Kier molecular flexibility index (Phi) is 2.12. The number of fused-ring (bicyclic) bond motifs is 1. The fourth-order valence-electron chi connectivity index (χ4n) is 1.64. The standard InChI is InChI=1S/C10H6N4O2S/c15-14(16)6-1-2-8-7(3-6)10(13-12-8)9-4-11-5-17-9/h1-5H,(H,12,13). The van der Waals surface area contributed by atoms with Crippen LogP contribution in [0.25, 0.3) is 21.5 Å². The topological polar surface area (TPSA) is 84.7 Å². The monoisotopic (exact) mass is 246 g/mol. The molecule has 0 saturated heterocycles. The summed E-state index contributed by atoms with van der Waals surface area (Å²) in [7, 11) is 0. The number of hydrogen-bond donors (Lipinski definition) is 1. The Morgan fingerprint density at radius 3 is 3.00 bits per heavy atom. The number of nitrogens with one attached hydrogen (secondary N) is 1. The number of nitro benzene ring substituents is 1. The van der Waals surface area contributed by atoms with Crippen molar-refractivity contribution in [2.45, 2.75) is 0 Å². The molecule has 84 valence electrons. The predicted octanol–water partition coefficient (Wildman–Crippen LogP) is 2.59. The Hall–Kier alpha value is -2.28. The van der Waals surface area contributed by atoms with E-state index in [2.05, 4.69) is 15.2 Å². The molecule has 0 aliphatic rings. The summed E-state index contributed by atoms with van der Waals surface area (Å²) in [4.78, 5) is 15.2. The molecule has 0 fully saturated rings. The summed E-state index contributed by atoms with van der Waals surface area (Å²) >= 11 is 1.45. The number of hydrogen-bond acceptors (Lipinski definition) is 5. The number of aromatic nitrogens is 3. The van der Waals surface area contributed by atoms with Crippen molar-refractivity contribution < 1.29 is 4.92 Å². The summed E-state index contributed by atoms with van der Waals surface area (Å²) in [5.41, 5.74) is 3.24. The van der Waals surface area contributed by atoms with E-state index in [1.165, 1.54) is 23.5 Å². The highest BCUT2D eigenvalue weighted by Gasteiger charge is 2.13. The molecule has 0 saturated carbocycles. The second-order valence-corrected chi connectivity index (χ2v) is 4.31. The normalized spacial score (nSPS) is 10.8. The van der Waals surface area contributed by atoms with Gasteiger partial charge in [0.2, 0.25) is 0 Å². The van der Waals surface area contributed by atoms with Gasteiger partial charge in [0.05, 0.1) is 20.8 Å². The molecule has 0 radical (unpaired) electrons. The fourth-order valence-corrected chi connectivity index (χ4v) is 2.26. The molecule has 0 atom stereocenters. The smallest absolute Gasteiger partial charge is 0.270 e. The van der Waals surface area contributed by atoms with Crippen molar-refractivity contribution in [1.82, 2.24) is 15.2 Å². The van der Waals surface area contributed by atoms with Crippen LogP contribution in [0.4, 0.5) is 5.69 Å². The molecule has 0 bridgehead atoms. The van der Waals surface area contributed by atoms with Gasteiger partial charge in [-0.15, -0.1) is 11.3 Å². The number of thiazole rings is 1. The van der Waals surface area contributed by atoms with E-state index in [1.807, 2.05) is 0 Å². The third-order valence-corrected chi connectivity index (χ3v) is 3.20. The molecular formula is C10H6N4O2S. The van der Waals surface area contributed by atoms with Crippen LogP contribution in [-0.2, 0) is 0 Å². The Labute approximate surface area is 99.1 Å². The first-order chi connectivity index (χ1) is 8.25. The minimum absolute atomic E-state index is 0.0599. The van der Waals surface area contributed by atoms with Gasteiger partial charge in [-0.25, -0.2) is 0 Å². The van der Waals surface area contributed by atoms with Gasteiger partial charge < -0.3 is 0 Å². The highest BCUT2D eigenvalue weighted by atomic mass is 32.1. The molecule has 1 N–H and O–H groups in total. The molecule has 6 nitrogen and oxygen atoms in total. The molecule has 0 aliphatic carbocycles. The lowest BCUT2D eigenvalue weighted by molar-refractivity contribution is -0.384. The fraction of sp³-hybridized carbons (Fsp3) is 0. The average molecular weight is 246 g/mol. The molecule has 0 unspecified atom stereocenters. The average Bonchev–Trinajstić information content (AvgIpc) is 2.96. The van der Waals surface area contributed by atoms with Gasteiger partial charge in [0.25, 0.3) is 5.69 Å². The molecule has 2 heterocycles. The summed E-state index contributed by atoms with van der Waals surface area (Å²) in [5, 5.41) is 18.5. The van der Waals surface area contributed by atoms with Crippen LogP contribution < -0.4 is 0 Å². The lowest BCUT2D eigenvalue weighted by atomic mass is 10.2. The molecule has 3 aromatic rings. The quantitative estimate of drug-likeness (QED) is 0.556. The molecule has 7 heteroatoms. The van der Waals surface area contributed by atoms with Crippen molar-refractivity contribution in [1.29, 1.82) is 0 Å². The van der Waals surface area contributed by atoms with Crippen molar-refractivity contribution in [2.24, 2.45) is 0 Å². The van der Waals surface area contributed by atoms with Crippen LogP contribution >= 0.6 is 11.3 Å². The van der Waals surface area contributed by atoms with E-state index in [0.29, 0.717) is 5.69 Å². The number of rotatable bonds is 2. The molecule has 17 heavy (non-hydrogen) atoms. The van der Waals surface area contributed by atoms with Crippen LogP contribution in [0.1, 0.15) is 0 Å². The number of H-pyrrole nitrogens is 1. The predicted molar refractivity (Wildman–Crippen MR) is 63.9 cm³/mol. The minimum atomic E-state index is -0.414. The summed E-state index contributed by atoms with van der Waals surface area (Å²) in [6, 6.07) is 4.63. The Morgan fingerprint density at radius 1 is 1.41 bits per heavy atom. The second-order valence-electron chi connectivity index (χ2n) is 3.42. The van der Waals surface area contributed by atoms with Crippen molar-refractivity contribution in [3.05, 3.63) is 40.0 Å². The van der Waals surface area contributed by atoms with Gasteiger partial charge in [0.1, 0.15) is 5.69 Å². The highest BCUT2D eigenvalue weighted by Crippen LogP contribution is 2.30. The third-order valence-electron chi connectivity index (χ3n) is 2.42. The minimum Gasteiger partial charge on any atom is -0.277 e. The first-order valence-corrected chi connectivity index (χ1v) is 5.65. The van der Waals surface area contributed by atoms with Crippen LogP contribution in [0, 0.1) is 10.1 Å². The lowest BCUT2D eigenvalue weighted by Crippen LogP contribution is -1.86. The van der Waals surface area contributed by atoms with E-state index in [-0.39, 0.29) is 5.69 Å². The van der Waals surface area contributed by atoms with Crippen LogP contribution in [0.3, 0.4) is 0 Å². The molecule has 1 aromatic carbocycles. The molecule has 0 amide bonds. The Morgan fingerprint density at radius 2 is 2.29 bits per heavy atom. The Bertz CT molecular complexity index is 689. The molecular weight excluding hydrogens is 240 g/mol. The molecule has 0 spiro atoms. The van der Waals surface area contributed by atoms with Crippen molar-refractivity contribution in [2.75, 3.05) is 0 Å². The maximum absolute atomic E-state index is 10.7. The van der Waals surface area contributed by atoms with E-state index in [1.54, 1.807) is 17.8 Å². The van der Waals surface area contributed by atoms with E-state index in [0.717, 1.165) is 15.8 Å². The summed E-state index contributed by atoms with van der Waals surface area (Å²) in [6.07, 6.45) is 1.69. The Balaban J connectivity index is 2.26. The first-order valence-electron chi connectivity index (χ1n) is 4.77. The number of aromatic amines is 1. The summed E-state index contributed by atoms with van der Waals surface area (Å²) in [5.74, 6) is 0. The second kappa shape index (κ2) is 3.63. The zero-order chi connectivity index (χ0) is 11.8. The van der Waals surface area contributed by atoms with Gasteiger partial charge in [-0.1, -0.05) is 0 Å². The lowest BCUT2D eigenvalue weighted by Gasteiger charge is -1.93.